The first-order valence-electron chi connectivity index (χ1n) is 9.42. The van der Waals surface area contributed by atoms with Crippen LogP contribution in [0.2, 0.25) is 0 Å². The van der Waals surface area contributed by atoms with Gasteiger partial charge in [-0.2, -0.15) is 0 Å². The molecule has 3 rings (SSSR count). The van der Waals surface area contributed by atoms with Crippen LogP contribution in [0.1, 0.15) is 42.1 Å². The van der Waals surface area contributed by atoms with Gasteiger partial charge in [0.05, 0.1) is 6.61 Å². The van der Waals surface area contributed by atoms with Gasteiger partial charge in [0.2, 0.25) is 0 Å². The Morgan fingerprint density at radius 3 is 2.00 bits per heavy atom. The molecule has 0 aliphatic heterocycles. The van der Waals surface area contributed by atoms with Gasteiger partial charge in [0.1, 0.15) is 18.4 Å². The molecule has 0 aliphatic carbocycles. The number of ether oxygens (including phenoxy) is 1. The minimum atomic E-state index is -0.930. The Balaban J connectivity index is 1.98. The van der Waals surface area contributed by atoms with Crippen molar-refractivity contribution in [2.24, 2.45) is 0 Å². The average Bonchev–Trinajstić information content (AvgIpc) is 2.71. The van der Waals surface area contributed by atoms with Gasteiger partial charge >= 0.3 is 5.69 Å². The van der Waals surface area contributed by atoms with E-state index in [9.17, 15) is 23.6 Å². The second-order valence-corrected chi connectivity index (χ2v) is 7.25. The Morgan fingerprint density at radius 2 is 1.47 bits per heavy atom. The van der Waals surface area contributed by atoms with Crippen LogP contribution in [0.4, 0.5) is 8.78 Å². The summed E-state index contributed by atoms with van der Waals surface area (Å²) in [5, 5.41) is 10.0. The van der Waals surface area contributed by atoms with Gasteiger partial charge in [0.15, 0.2) is 0 Å². The third kappa shape index (κ3) is 4.65. The lowest BCUT2D eigenvalue weighted by molar-refractivity contribution is 0.0498. The van der Waals surface area contributed by atoms with Gasteiger partial charge in [-0.25, -0.2) is 13.6 Å². The fraction of sp³-hybridized carbons (Fsp3) is 0.273. The molecule has 30 heavy (non-hydrogen) atoms. The highest BCUT2D eigenvalue weighted by Gasteiger charge is 2.21. The summed E-state index contributed by atoms with van der Waals surface area (Å²) in [6, 6.07) is 11.5. The van der Waals surface area contributed by atoms with E-state index < -0.39 is 17.1 Å². The molecule has 1 aromatic heterocycles. The van der Waals surface area contributed by atoms with E-state index in [4.69, 9.17) is 4.74 Å². The molecule has 8 heteroatoms. The van der Waals surface area contributed by atoms with Crippen LogP contribution in [0.25, 0.3) is 0 Å². The van der Waals surface area contributed by atoms with Gasteiger partial charge in [-0.15, -0.1) is 0 Å². The van der Waals surface area contributed by atoms with Crippen LogP contribution in [0.5, 0.6) is 0 Å². The van der Waals surface area contributed by atoms with Gasteiger partial charge in [0, 0.05) is 17.7 Å². The van der Waals surface area contributed by atoms with E-state index >= 15 is 0 Å². The summed E-state index contributed by atoms with van der Waals surface area (Å²) in [7, 11) is 0. The van der Waals surface area contributed by atoms with Crippen LogP contribution >= 0.6 is 0 Å². The first-order chi connectivity index (χ1) is 14.3. The van der Waals surface area contributed by atoms with Crippen molar-refractivity contribution in [3.05, 3.63) is 103 Å². The van der Waals surface area contributed by atoms with Crippen molar-refractivity contribution in [2.45, 2.75) is 39.5 Å². The molecule has 3 aromatic rings. The van der Waals surface area contributed by atoms with E-state index in [0.29, 0.717) is 16.8 Å². The van der Waals surface area contributed by atoms with Gasteiger partial charge in [-0.3, -0.25) is 9.36 Å². The molecule has 0 fully saturated rings. The van der Waals surface area contributed by atoms with E-state index in [-0.39, 0.29) is 41.8 Å². The van der Waals surface area contributed by atoms with Crippen LogP contribution in [-0.4, -0.2) is 14.5 Å². The number of benzene rings is 2. The highest BCUT2D eigenvalue weighted by molar-refractivity contribution is 5.29. The lowest BCUT2D eigenvalue weighted by atomic mass is 9.98. The number of hydrogen-bond donors (Lipinski definition) is 1. The van der Waals surface area contributed by atoms with Crippen LogP contribution in [0.3, 0.4) is 0 Å². The van der Waals surface area contributed by atoms with Crippen molar-refractivity contribution in [3.63, 3.8) is 0 Å². The van der Waals surface area contributed by atoms with Crippen molar-refractivity contribution >= 4 is 0 Å². The third-order valence-electron chi connectivity index (χ3n) is 4.74. The summed E-state index contributed by atoms with van der Waals surface area (Å²) in [5.74, 6) is -1.05. The van der Waals surface area contributed by atoms with E-state index in [2.05, 4.69) is 0 Å². The predicted molar refractivity (Wildman–Crippen MR) is 107 cm³/mol. The molecule has 0 bridgehead atoms. The zero-order chi connectivity index (χ0) is 21.8. The van der Waals surface area contributed by atoms with Crippen LogP contribution in [0, 0.1) is 11.6 Å². The Labute approximate surface area is 171 Å². The molecule has 0 atom stereocenters. The maximum absolute atomic E-state index is 13.3. The topological polar surface area (TPSA) is 73.5 Å². The van der Waals surface area contributed by atoms with Gasteiger partial charge in [-0.1, -0.05) is 42.8 Å². The molecule has 0 saturated heterocycles. The van der Waals surface area contributed by atoms with Crippen molar-refractivity contribution in [1.82, 2.24) is 9.30 Å². The number of halogens is 2. The molecule has 158 valence electrons. The lowest BCUT2D eigenvalue weighted by Gasteiger charge is -2.19. The zero-order valence-corrected chi connectivity index (χ0v) is 16.6. The molecular formula is C22H22F2N2O4. The van der Waals surface area contributed by atoms with E-state index in [1.54, 1.807) is 38.1 Å². The summed E-state index contributed by atoms with van der Waals surface area (Å²) < 4.78 is 33.2. The van der Waals surface area contributed by atoms with Crippen LogP contribution < -0.4 is 11.2 Å². The lowest BCUT2D eigenvalue weighted by Crippen LogP contribution is -2.43. The standard InChI is InChI=1S/C22H22F2N2O4/c1-14(2)20-19(11-15-3-7-17(23)8-4-15)25(22(28)26(29)21(20)27)13-30-12-16-5-9-18(24)10-6-16/h3-10,14,29H,11-13H2,1-2H3. The smallest absolute Gasteiger partial charge is 0.366 e. The van der Waals surface area contributed by atoms with Gasteiger partial charge < -0.3 is 9.94 Å². The molecule has 0 unspecified atom stereocenters. The van der Waals surface area contributed by atoms with Crippen molar-refractivity contribution < 1.29 is 18.7 Å². The number of nitrogens with zero attached hydrogens (tertiary/aromatic N) is 2. The zero-order valence-electron chi connectivity index (χ0n) is 16.6. The highest BCUT2D eigenvalue weighted by atomic mass is 19.1. The van der Waals surface area contributed by atoms with E-state index in [1.807, 2.05) is 0 Å². The molecule has 0 radical (unpaired) electrons. The number of rotatable bonds is 7. The second-order valence-electron chi connectivity index (χ2n) is 7.25. The molecule has 0 saturated carbocycles. The molecule has 1 N–H and O–H groups in total. The fourth-order valence-corrected chi connectivity index (χ4v) is 3.23. The second kappa shape index (κ2) is 9.04. The molecule has 6 nitrogen and oxygen atoms in total. The van der Waals surface area contributed by atoms with Gasteiger partial charge in [0.25, 0.3) is 5.56 Å². The average molecular weight is 416 g/mol. The Bertz CT molecular complexity index is 1130. The fourth-order valence-electron chi connectivity index (χ4n) is 3.23. The van der Waals surface area contributed by atoms with Crippen molar-refractivity contribution in [2.75, 3.05) is 0 Å². The number of hydrogen-bond acceptors (Lipinski definition) is 4. The molecule has 2 aromatic carbocycles. The Morgan fingerprint density at radius 1 is 0.933 bits per heavy atom. The normalized spacial score (nSPS) is 11.2. The predicted octanol–water partition coefficient (Wildman–Crippen LogP) is 3.41. The Kier molecular flexibility index (Phi) is 6.47. The first kappa shape index (κ1) is 21.4. The summed E-state index contributed by atoms with van der Waals surface area (Å²) in [6.45, 7) is 3.43. The molecule has 1 heterocycles. The summed E-state index contributed by atoms with van der Waals surface area (Å²) in [6.07, 6.45) is 0.180. The highest BCUT2D eigenvalue weighted by Crippen LogP contribution is 2.19. The van der Waals surface area contributed by atoms with Crippen LogP contribution in [0.15, 0.2) is 58.1 Å². The third-order valence-corrected chi connectivity index (χ3v) is 4.74. The van der Waals surface area contributed by atoms with Crippen molar-refractivity contribution in [3.8, 4) is 0 Å². The molecular weight excluding hydrogens is 394 g/mol. The summed E-state index contributed by atoms with van der Waals surface area (Å²) in [5.41, 5.74) is 0.330. The van der Waals surface area contributed by atoms with Gasteiger partial charge in [-0.05, 0) is 41.3 Å². The maximum Gasteiger partial charge on any atom is 0.366 e. The minimum absolute atomic E-state index is 0.0742. The van der Waals surface area contributed by atoms with E-state index in [0.717, 1.165) is 0 Å². The largest absolute Gasteiger partial charge is 0.421 e. The number of aromatic nitrogens is 2. The molecule has 0 amide bonds. The molecule has 0 spiro atoms. The monoisotopic (exact) mass is 416 g/mol. The minimum Gasteiger partial charge on any atom is -0.421 e. The first-order valence-corrected chi connectivity index (χ1v) is 9.42. The van der Waals surface area contributed by atoms with E-state index in [1.165, 1.54) is 28.8 Å². The Hall–Kier alpha value is -3.26. The molecule has 0 aliphatic rings. The SMILES string of the molecule is CC(C)c1c(Cc2ccc(F)cc2)n(COCc2ccc(F)cc2)c(=O)n(O)c1=O. The van der Waals surface area contributed by atoms with Crippen molar-refractivity contribution in [1.29, 1.82) is 0 Å². The quantitative estimate of drug-likeness (QED) is 0.599. The maximum atomic E-state index is 13.3. The van der Waals surface area contributed by atoms with Crippen LogP contribution in [-0.2, 0) is 24.5 Å². The summed E-state index contributed by atoms with van der Waals surface area (Å²) in [4.78, 5) is 25.1. The summed E-state index contributed by atoms with van der Waals surface area (Å²) >= 11 is 0.